The molecule has 2 aromatic carbocycles. The number of rotatable bonds is 6. The van der Waals surface area contributed by atoms with Gasteiger partial charge in [-0.2, -0.15) is 0 Å². The van der Waals surface area contributed by atoms with Crippen LogP contribution in [0.5, 0.6) is 0 Å². The van der Waals surface area contributed by atoms with Gasteiger partial charge in [0, 0.05) is 12.1 Å². The smallest absolute Gasteiger partial charge is 0.269 e. The summed E-state index contributed by atoms with van der Waals surface area (Å²) < 4.78 is 25.2. The molecular formula is C16H12Cl2N2O5S. The molecule has 0 aliphatic rings. The van der Waals surface area contributed by atoms with Crippen LogP contribution in [0, 0.1) is 10.1 Å². The minimum absolute atomic E-state index is 0.0819. The number of benzene rings is 2. The van der Waals surface area contributed by atoms with Crippen LogP contribution in [0.4, 0.5) is 5.69 Å². The highest BCUT2D eigenvalue weighted by Crippen LogP contribution is 2.28. The van der Waals surface area contributed by atoms with E-state index in [0.29, 0.717) is 0 Å². The number of sulfone groups is 1. The summed E-state index contributed by atoms with van der Waals surface area (Å²) in [5.41, 5.74) is 5.53. The number of nitrogens with zero attached hydrogens (tertiary/aromatic N) is 1. The van der Waals surface area contributed by atoms with Crippen molar-refractivity contribution in [2.45, 2.75) is 5.75 Å². The van der Waals surface area contributed by atoms with Crippen LogP contribution in [0.1, 0.15) is 11.1 Å². The first-order valence-corrected chi connectivity index (χ1v) is 9.44. The zero-order valence-electron chi connectivity index (χ0n) is 13.1. The van der Waals surface area contributed by atoms with E-state index < -0.39 is 31.3 Å². The number of halogens is 2. The number of hydrogen-bond acceptors (Lipinski definition) is 5. The Morgan fingerprint density at radius 3 is 2.31 bits per heavy atom. The molecule has 26 heavy (non-hydrogen) atoms. The Morgan fingerprint density at radius 2 is 1.77 bits per heavy atom. The van der Waals surface area contributed by atoms with Crippen molar-refractivity contribution in [3.63, 3.8) is 0 Å². The van der Waals surface area contributed by atoms with Gasteiger partial charge in [-0.25, -0.2) is 8.42 Å². The van der Waals surface area contributed by atoms with Crippen LogP contribution < -0.4 is 5.73 Å². The highest BCUT2D eigenvalue weighted by molar-refractivity contribution is 7.95. The number of carbonyl (C=O) groups excluding carboxylic acids is 1. The molecule has 0 radical (unpaired) electrons. The Hall–Kier alpha value is -2.42. The second-order valence-corrected chi connectivity index (χ2v) is 7.94. The van der Waals surface area contributed by atoms with Crippen LogP contribution in [0.3, 0.4) is 0 Å². The lowest BCUT2D eigenvalue weighted by molar-refractivity contribution is -0.384. The molecule has 0 atom stereocenters. The molecule has 7 nitrogen and oxygen atoms in total. The van der Waals surface area contributed by atoms with Gasteiger partial charge in [-0.05, 0) is 23.3 Å². The van der Waals surface area contributed by atoms with Crippen LogP contribution >= 0.6 is 23.2 Å². The molecule has 0 saturated heterocycles. The second kappa shape index (κ2) is 7.86. The van der Waals surface area contributed by atoms with Crippen molar-refractivity contribution in [1.29, 1.82) is 0 Å². The SMILES string of the molecule is NC(=O)/C(=C\c1cccc(Cl)c1Cl)S(=O)(=O)Cc1ccc([N+](=O)[O-])cc1. The van der Waals surface area contributed by atoms with Crippen molar-refractivity contribution in [2.75, 3.05) is 0 Å². The van der Waals surface area contributed by atoms with Crippen molar-refractivity contribution >= 4 is 50.7 Å². The van der Waals surface area contributed by atoms with Crippen molar-refractivity contribution in [3.8, 4) is 0 Å². The number of non-ortho nitro benzene ring substituents is 1. The van der Waals surface area contributed by atoms with Gasteiger partial charge >= 0.3 is 0 Å². The van der Waals surface area contributed by atoms with Gasteiger partial charge in [0.1, 0.15) is 4.91 Å². The van der Waals surface area contributed by atoms with Gasteiger partial charge in [0.05, 0.1) is 20.7 Å². The third-order valence-electron chi connectivity index (χ3n) is 3.35. The number of hydrogen-bond donors (Lipinski definition) is 1. The Kier molecular flexibility index (Phi) is 6.01. The Balaban J connectivity index is 2.42. The van der Waals surface area contributed by atoms with Crippen LogP contribution in [-0.2, 0) is 20.4 Å². The summed E-state index contributed by atoms with van der Waals surface area (Å²) in [7, 11) is -4.12. The number of carbonyl (C=O) groups is 1. The molecule has 0 fully saturated rings. The van der Waals surface area contributed by atoms with Gasteiger partial charge in [-0.1, -0.05) is 47.5 Å². The first-order valence-electron chi connectivity index (χ1n) is 7.03. The van der Waals surface area contributed by atoms with Gasteiger partial charge in [0.2, 0.25) is 0 Å². The van der Waals surface area contributed by atoms with E-state index in [0.717, 1.165) is 6.08 Å². The standard InChI is InChI=1S/C16H12Cl2N2O5S/c17-13-3-1-2-11(15(13)18)8-14(16(19)21)26(24,25)9-10-4-6-12(7-5-10)20(22)23/h1-8H,9H2,(H2,19,21)/b14-8+. The molecule has 0 bridgehead atoms. The first-order chi connectivity index (χ1) is 12.1. The van der Waals surface area contributed by atoms with Gasteiger partial charge in [0.15, 0.2) is 9.84 Å². The van der Waals surface area contributed by atoms with Crippen LogP contribution in [0.2, 0.25) is 10.0 Å². The number of amides is 1. The van der Waals surface area contributed by atoms with E-state index in [4.69, 9.17) is 28.9 Å². The summed E-state index contributed by atoms with van der Waals surface area (Å²) >= 11 is 11.9. The molecule has 1 amide bonds. The van der Waals surface area contributed by atoms with E-state index in [-0.39, 0.29) is 26.9 Å². The topological polar surface area (TPSA) is 120 Å². The molecular weight excluding hydrogens is 403 g/mol. The average Bonchev–Trinajstić information content (AvgIpc) is 2.55. The first kappa shape index (κ1) is 19.9. The van der Waals surface area contributed by atoms with Crippen molar-refractivity contribution in [1.82, 2.24) is 0 Å². The maximum absolute atomic E-state index is 12.6. The fourth-order valence-corrected chi connectivity index (χ4v) is 3.86. The van der Waals surface area contributed by atoms with E-state index in [1.165, 1.54) is 36.4 Å². The van der Waals surface area contributed by atoms with Crippen molar-refractivity contribution in [2.24, 2.45) is 5.73 Å². The molecule has 0 unspecified atom stereocenters. The molecule has 136 valence electrons. The van der Waals surface area contributed by atoms with E-state index >= 15 is 0 Å². The highest BCUT2D eigenvalue weighted by atomic mass is 35.5. The molecule has 0 aliphatic carbocycles. The minimum atomic E-state index is -4.12. The van der Waals surface area contributed by atoms with Crippen molar-refractivity contribution in [3.05, 3.63) is 78.7 Å². The van der Waals surface area contributed by atoms with Gasteiger partial charge in [-0.3, -0.25) is 14.9 Å². The summed E-state index contributed by atoms with van der Waals surface area (Å²) in [5.74, 6) is -1.71. The maximum Gasteiger partial charge on any atom is 0.269 e. The number of nitro benzene ring substituents is 1. The average molecular weight is 415 g/mol. The molecule has 2 aromatic rings. The number of primary amides is 1. The third kappa shape index (κ3) is 4.60. The largest absolute Gasteiger partial charge is 0.365 e. The van der Waals surface area contributed by atoms with E-state index in [1.807, 2.05) is 0 Å². The third-order valence-corrected chi connectivity index (χ3v) is 5.89. The number of nitrogens with two attached hydrogens (primary N) is 1. The summed E-state index contributed by atoms with van der Waals surface area (Å²) in [6.07, 6.45) is 1.05. The Labute approximate surface area is 159 Å². The lowest BCUT2D eigenvalue weighted by Gasteiger charge is -2.08. The van der Waals surface area contributed by atoms with Crippen LogP contribution in [0.25, 0.3) is 6.08 Å². The monoisotopic (exact) mass is 414 g/mol. The molecule has 0 heterocycles. The lowest BCUT2D eigenvalue weighted by atomic mass is 10.2. The fourth-order valence-electron chi connectivity index (χ4n) is 2.10. The Bertz CT molecular complexity index is 1000. The lowest BCUT2D eigenvalue weighted by Crippen LogP contribution is -2.22. The fraction of sp³-hybridized carbons (Fsp3) is 0.0625. The molecule has 0 saturated carbocycles. The zero-order chi connectivity index (χ0) is 19.5. The summed E-state index contributed by atoms with van der Waals surface area (Å²) in [5, 5.41) is 10.9. The molecule has 2 N–H and O–H groups in total. The maximum atomic E-state index is 12.6. The molecule has 0 aliphatic heterocycles. The van der Waals surface area contributed by atoms with Crippen molar-refractivity contribution < 1.29 is 18.1 Å². The predicted octanol–water partition coefficient (Wildman–Crippen LogP) is 3.34. The van der Waals surface area contributed by atoms with E-state index in [2.05, 4.69) is 0 Å². The molecule has 10 heteroatoms. The number of nitro groups is 1. The summed E-state index contributed by atoms with van der Waals surface area (Å²) in [6.45, 7) is 0. The van der Waals surface area contributed by atoms with E-state index in [9.17, 15) is 23.3 Å². The van der Waals surface area contributed by atoms with Crippen LogP contribution in [0.15, 0.2) is 47.4 Å². The minimum Gasteiger partial charge on any atom is -0.365 e. The second-order valence-electron chi connectivity index (χ2n) is 5.20. The quantitative estimate of drug-likeness (QED) is 0.441. The molecule has 2 rings (SSSR count). The highest BCUT2D eigenvalue weighted by Gasteiger charge is 2.24. The predicted molar refractivity (Wildman–Crippen MR) is 99.4 cm³/mol. The van der Waals surface area contributed by atoms with E-state index in [1.54, 1.807) is 6.07 Å². The van der Waals surface area contributed by atoms with Gasteiger partial charge < -0.3 is 5.73 Å². The van der Waals surface area contributed by atoms with Gasteiger partial charge in [0.25, 0.3) is 11.6 Å². The zero-order valence-corrected chi connectivity index (χ0v) is 15.4. The van der Waals surface area contributed by atoms with Gasteiger partial charge in [-0.15, -0.1) is 0 Å². The van der Waals surface area contributed by atoms with Crippen LogP contribution in [-0.4, -0.2) is 19.2 Å². The molecule has 0 aromatic heterocycles. The summed E-state index contributed by atoms with van der Waals surface area (Å²) in [6, 6.07) is 9.47. The molecule has 0 spiro atoms. The summed E-state index contributed by atoms with van der Waals surface area (Å²) in [4.78, 5) is 21.1. The Morgan fingerprint density at radius 1 is 1.15 bits per heavy atom. The normalized spacial score (nSPS) is 12.0.